The van der Waals surface area contributed by atoms with Crippen LogP contribution in [0.4, 0.5) is 22.0 Å². The molecule has 0 aliphatic rings. The van der Waals surface area contributed by atoms with E-state index in [2.05, 4.69) is 10.1 Å². The monoisotopic (exact) mass is 465 g/mol. The lowest BCUT2D eigenvalue weighted by Crippen LogP contribution is -2.40. The number of benzene rings is 2. The second kappa shape index (κ2) is 10.3. The molecule has 1 unspecified atom stereocenters. The summed E-state index contributed by atoms with van der Waals surface area (Å²) >= 11 is 0. The lowest BCUT2D eigenvalue weighted by Gasteiger charge is -2.29. The average molecular weight is 465 g/mol. The molecule has 3 aromatic rings. The Hall–Kier alpha value is -3.73. The third-order valence-corrected chi connectivity index (χ3v) is 4.76. The Labute approximate surface area is 186 Å². The van der Waals surface area contributed by atoms with Crippen molar-refractivity contribution in [3.05, 3.63) is 95.1 Å². The predicted octanol–water partition coefficient (Wildman–Crippen LogP) is 4.03. The molecule has 174 valence electrons. The standard InChI is InChI=1S/C22H20F5N5O/c23-15-3-1-2-14(8-15)12-33-17-5-7-21(30-10-17)22(26,27)19(11-32(29)13-31-28)18-6-4-16(24)9-20(18)25/h1-10,13,19H,11-12,28-29H2/b31-13-. The Morgan fingerprint density at radius 2 is 1.82 bits per heavy atom. The number of nitrogens with two attached hydrogens (primary N) is 2. The number of halogens is 5. The first-order chi connectivity index (χ1) is 15.7. The Bertz CT molecular complexity index is 1110. The number of nitrogens with zero attached hydrogens (tertiary/aromatic N) is 3. The summed E-state index contributed by atoms with van der Waals surface area (Å²) in [5.41, 5.74) is -0.608. The summed E-state index contributed by atoms with van der Waals surface area (Å²) in [5, 5.41) is 3.92. The van der Waals surface area contributed by atoms with Gasteiger partial charge in [-0.2, -0.15) is 13.9 Å². The number of alkyl halides is 2. The molecule has 0 amide bonds. The molecule has 1 atom stereocenters. The molecule has 0 bridgehead atoms. The summed E-state index contributed by atoms with van der Waals surface area (Å²) in [7, 11) is 0. The Morgan fingerprint density at radius 3 is 2.45 bits per heavy atom. The number of hydrazine groups is 1. The quantitative estimate of drug-likeness (QED) is 0.164. The van der Waals surface area contributed by atoms with E-state index < -0.39 is 47.1 Å². The minimum Gasteiger partial charge on any atom is -0.487 e. The van der Waals surface area contributed by atoms with E-state index in [-0.39, 0.29) is 12.4 Å². The number of rotatable bonds is 9. The van der Waals surface area contributed by atoms with Crippen molar-refractivity contribution < 1.29 is 26.7 Å². The van der Waals surface area contributed by atoms with Gasteiger partial charge in [0.2, 0.25) is 0 Å². The zero-order chi connectivity index (χ0) is 24.0. The molecule has 0 saturated carbocycles. The SMILES string of the molecule is N/N=C\N(N)CC(c1ccc(F)cc1F)C(F)(F)c1ccc(OCc2cccc(F)c2)cn1. The predicted molar refractivity (Wildman–Crippen MR) is 112 cm³/mol. The second-order valence-corrected chi connectivity index (χ2v) is 7.10. The number of ether oxygens (including phenoxy) is 1. The van der Waals surface area contributed by atoms with Crippen LogP contribution < -0.4 is 16.4 Å². The summed E-state index contributed by atoms with van der Waals surface area (Å²) in [4.78, 5) is 3.76. The molecule has 11 heteroatoms. The smallest absolute Gasteiger partial charge is 0.298 e. The maximum atomic E-state index is 15.5. The fourth-order valence-corrected chi connectivity index (χ4v) is 3.17. The third-order valence-electron chi connectivity index (χ3n) is 4.76. The molecular formula is C22H20F5N5O. The Kier molecular flexibility index (Phi) is 7.44. The van der Waals surface area contributed by atoms with Gasteiger partial charge < -0.3 is 10.6 Å². The first-order valence-corrected chi connectivity index (χ1v) is 9.62. The maximum Gasteiger partial charge on any atom is 0.298 e. The van der Waals surface area contributed by atoms with Gasteiger partial charge in [-0.05, 0) is 41.5 Å². The molecule has 4 N–H and O–H groups in total. The van der Waals surface area contributed by atoms with Crippen LogP contribution in [0.15, 0.2) is 65.9 Å². The van der Waals surface area contributed by atoms with E-state index in [0.29, 0.717) is 11.6 Å². The van der Waals surface area contributed by atoms with Crippen LogP contribution in [0.3, 0.4) is 0 Å². The van der Waals surface area contributed by atoms with Crippen LogP contribution in [0, 0.1) is 17.5 Å². The van der Waals surface area contributed by atoms with Crippen molar-refractivity contribution in [2.45, 2.75) is 18.4 Å². The van der Waals surface area contributed by atoms with E-state index in [0.717, 1.165) is 35.7 Å². The van der Waals surface area contributed by atoms with Crippen LogP contribution in [0.1, 0.15) is 22.7 Å². The van der Waals surface area contributed by atoms with Gasteiger partial charge in [-0.1, -0.05) is 18.2 Å². The van der Waals surface area contributed by atoms with Gasteiger partial charge in [-0.25, -0.2) is 19.0 Å². The van der Waals surface area contributed by atoms with Gasteiger partial charge >= 0.3 is 0 Å². The molecule has 0 saturated heterocycles. The summed E-state index contributed by atoms with van der Waals surface area (Å²) in [6, 6.07) is 10.3. The summed E-state index contributed by atoms with van der Waals surface area (Å²) in [6.07, 6.45) is 1.96. The van der Waals surface area contributed by atoms with Gasteiger partial charge in [0.05, 0.1) is 12.1 Å². The highest BCUT2D eigenvalue weighted by atomic mass is 19.3. The van der Waals surface area contributed by atoms with Gasteiger partial charge in [-0.15, -0.1) is 0 Å². The molecule has 6 nitrogen and oxygen atoms in total. The number of pyridine rings is 1. The second-order valence-electron chi connectivity index (χ2n) is 7.10. The molecule has 3 rings (SSSR count). The van der Waals surface area contributed by atoms with Crippen LogP contribution in [0.25, 0.3) is 0 Å². The van der Waals surface area contributed by atoms with Crippen molar-refractivity contribution in [3.63, 3.8) is 0 Å². The van der Waals surface area contributed by atoms with Gasteiger partial charge in [0.25, 0.3) is 5.92 Å². The summed E-state index contributed by atoms with van der Waals surface area (Å²) in [5.74, 6) is 2.70. The zero-order valence-corrected chi connectivity index (χ0v) is 17.1. The van der Waals surface area contributed by atoms with Crippen LogP contribution >= 0.6 is 0 Å². The normalized spacial score (nSPS) is 12.7. The highest BCUT2D eigenvalue weighted by Gasteiger charge is 2.45. The van der Waals surface area contributed by atoms with Crippen LogP contribution in [0.5, 0.6) is 5.75 Å². The first kappa shape index (κ1) is 23.9. The van der Waals surface area contributed by atoms with Gasteiger partial charge in [-0.3, -0.25) is 9.99 Å². The minimum absolute atomic E-state index is 0.000841. The molecule has 0 radical (unpaired) electrons. The van der Waals surface area contributed by atoms with Crippen LogP contribution in [-0.2, 0) is 12.5 Å². The van der Waals surface area contributed by atoms with Crippen molar-refractivity contribution in [2.24, 2.45) is 16.8 Å². The molecule has 2 aromatic carbocycles. The van der Waals surface area contributed by atoms with Crippen LogP contribution in [-0.4, -0.2) is 22.9 Å². The lowest BCUT2D eigenvalue weighted by molar-refractivity contribution is -0.0443. The van der Waals surface area contributed by atoms with E-state index in [1.165, 1.54) is 24.3 Å². The minimum atomic E-state index is -3.72. The highest BCUT2D eigenvalue weighted by Crippen LogP contribution is 2.42. The van der Waals surface area contributed by atoms with E-state index >= 15 is 8.78 Å². The van der Waals surface area contributed by atoms with Crippen molar-refractivity contribution in [1.29, 1.82) is 0 Å². The molecule has 1 aromatic heterocycles. The molecule has 0 aliphatic carbocycles. The van der Waals surface area contributed by atoms with Crippen molar-refractivity contribution in [3.8, 4) is 5.75 Å². The average Bonchev–Trinajstić information content (AvgIpc) is 2.77. The van der Waals surface area contributed by atoms with Crippen molar-refractivity contribution in [1.82, 2.24) is 9.99 Å². The molecule has 0 fully saturated rings. The van der Waals surface area contributed by atoms with E-state index in [4.69, 9.17) is 16.4 Å². The van der Waals surface area contributed by atoms with E-state index in [1.807, 2.05) is 0 Å². The van der Waals surface area contributed by atoms with Gasteiger partial charge in [0, 0.05) is 12.6 Å². The first-order valence-electron chi connectivity index (χ1n) is 9.62. The zero-order valence-electron chi connectivity index (χ0n) is 17.1. The molecule has 33 heavy (non-hydrogen) atoms. The molecular weight excluding hydrogens is 445 g/mol. The topological polar surface area (TPSA) is 89.8 Å². The highest BCUT2D eigenvalue weighted by molar-refractivity contribution is 5.53. The molecule has 1 heterocycles. The van der Waals surface area contributed by atoms with Gasteiger partial charge in [0.1, 0.15) is 41.8 Å². The van der Waals surface area contributed by atoms with Gasteiger partial charge in [0.15, 0.2) is 0 Å². The Morgan fingerprint density at radius 1 is 1.06 bits per heavy atom. The lowest BCUT2D eigenvalue weighted by atomic mass is 9.89. The fourth-order valence-electron chi connectivity index (χ4n) is 3.17. The van der Waals surface area contributed by atoms with Crippen LogP contribution in [0.2, 0.25) is 0 Å². The number of hydrogen-bond donors (Lipinski definition) is 2. The Balaban J connectivity index is 1.85. The largest absolute Gasteiger partial charge is 0.487 e. The van der Waals surface area contributed by atoms with Crippen molar-refractivity contribution in [2.75, 3.05) is 6.54 Å². The molecule has 0 aliphatic heterocycles. The third kappa shape index (κ3) is 5.95. The fraction of sp³-hybridized carbons (Fsp3) is 0.182. The van der Waals surface area contributed by atoms with E-state index in [9.17, 15) is 13.2 Å². The summed E-state index contributed by atoms with van der Waals surface area (Å²) < 4.78 is 77.3. The maximum absolute atomic E-state index is 15.5. The molecule has 0 spiro atoms. The number of hydrogen-bond acceptors (Lipinski definition) is 5. The van der Waals surface area contributed by atoms with E-state index in [1.54, 1.807) is 6.07 Å². The summed E-state index contributed by atoms with van der Waals surface area (Å²) in [6.45, 7) is -0.602. The number of aromatic nitrogens is 1. The number of hydrazone groups is 1. The van der Waals surface area contributed by atoms with Crippen molar-refractivity contribution >= 4 is 6.34 Å².